The SMILES string of the molecule is CCN(CC(C)C(N)=NO)C(=O)C1COC(C)C1. The fourth-order valence-electron chi connectivity index (χ4n) is 2.15. The average Bonchev–Trinajstić information content (AvgIpc) is 2.80. The Hall–Kier alpha value is -1.30. The molecular weight excluding hydrogens is 234 g/mol. The van der Waals surface area contributed by atoms with Crippen molar-refractivity contribution in [2.45, 2.75) is 33.3 Å². The number of oxime groups is 1. The van der Waals surface area contributed by atoms with Crippen LogP contribution in [0.25, 0.3) is 0 Å². The summed E-state index contributed by atoms with van der Waals surface area (Å²) in [4.78, 5) is 14.0. The lowest BCUT2D eigenvalue weighted by atomic mass is 10.0. The molecule has 3 atom stereocenters. The Bertz CT molecular complexity index is 320. The molecule has 0 aromatic carbocycles. The van der Waals surface area contributed by atoms with Gasteiger partial charge < -0.3 is 20.6 Å². The molecule has 6 heteroatoms. The minimum Gasteiger partial charge on any atom is -0.409 e. The minimum atomic E-state index is -0.154. The molecule has 0 bridgehead atoms. The molecule has 6 nitrogen and oxygen atoms in total. The monoisotopic (exact) mass is 257 g/mol. The van der Waals surface area contributed by atoms with Crippen molar-refractivity contribution < 1.29 is 14.7 Å². The van der Waals surface area contributed by atoms with E-state index in [2.05, 4.69) is 5.16 Å². The normalized spacial score (nSPS) is 26.1. The van der Waals surface area contributed by atoms with Gasteiger partial charge in [0.1, 0.15) is 5.84 Å². The highest BCUT2D eigenvalue weighted by atomic mass is 16.5. The first-order valence-electron chi connectivity index (χ1n) is 6.37. The topological polar surface area (TPSA) is 88.1 Å². The summed E-state index contributed by atoms with van der Waals surface area (Å²) in [6.45, 7) is 7.31. The first-order chi connectivity index (χ1) is 8.49. The largest absolute Gasteiger partial charge is 0.409 e. The second-order valence-corrected chi connectivity index (χ2v) is 4.88. The van der Waals surface area contributed by atoms with Gasteiger partial charge in [-0.05, 0) is 20.3 Å². The first-order valence-corrected chi connectivity index (χ1v) is 6.37. The van der Waals surface area contributed by atoms with Gasteiger partial charge in [0.05, 0.1) is 18.6 Å². The number of carbonyl (C=O) groups excluding carboxylic acids is 1. The predicted octanol–water partition coefficient (Wildman–Crippen LogP) is 0.642. The Morgan fingerprint density at radius 3 is 2.78 bits per heavy atom. The van der Waals surface area contributed by atoms with Crippen LogP contribution in [0.3, 0.4) is 0 Å². The maximum Gasteiger partial charge on any atom is 0.228 e. The zero-order valence-electron chi connectivity index (χ0n) is 11.3. The fraction of sp³-hybridized carbons (Fsp3) is 0.833. The van der Waals surface area contributed by atoms with Crippen LogP contribution >= 0.6 is 0 Å². The number of ether oxygens (including phenoxy) is 1. The zero-order valence-corrected chi connectivity index (χ0v) is 11.3. The van der Waals surface area contributed by atoms with Gasteiger partial charge in [-0.25, -0.2) is 0 Å². The van der Waals surface area contributed by atoms with Gasteiger partial charge in [0.25, 0.3) is 0 Å². The van der Waals surface area contributed by atoms with E-state index in [1.165, 1.54) is 0 Å². The molecule has 0 saturated carbocycles. The predicted molar refractivity (Wildman–Crippen MR) is 68.3 cm³/mol. The molecule has 1 aliphatic rings. The molecule has 1 aliphatic heterocycles. The van der Waals surface area contributed by atoms with E-state index in [0.717, 1.165) is 6.42 Å². The van der Waals surface area contributed by atoms with E-state index in [4.69, 9.17) is 15.7 Å². The average molecular weight is 257 g/mol. The first kappa shape index (κ1) is 14.8. The minimum absolute atomic E-state index is 0.0561. The highest BCUT2D eigenvalue weighted by molar-refractivity contribution is 5.84. The van der Waals surface area contributed by atoms with Crippen LogP contribution in [-0.4, -0.2) is 47.7 Å². The van der Waals surface area contributed by atoms with Gasteiger partial charge in [0, 0.05) is 19.0 Å². The van der Waals surface area contributed by atoms with Crippen LogP contribution < -0.4 is 5.73 Å². The number of rotatable bonds is 5. The Morgan fingerprint density at radius 1 is 1.67 bits per heavy atom. The lowest BCUT2D eigenvalue weighted by molar-refractivity contribution is -0.135. The smallest absolute Gasteiger partial charge is 0.228 e. The third-order valence-corrected chi connectivity index (χ3v) is 3.36. The molecule has 0 spiro atoms. The molecule has 1 heterocycles. The van der Waals surface area contributed by atoms with Gasteiger partial charge in [-0.2, -0.15) is 0 Å². The molecule has 0 aromatic rings. The Morgan fingerprint density at radius 2 is 2.33 bits per heavy atom. The van der Waals surface area contributed by atoms with E-state index in [-0.39, 0.29) is 29.7 Å². The molecule has 104 valence electrons. The highest BCUT2D eigenvalue weighted by Gasteiger charge is 2.31. The summed E-state index contributed by atoms with van der Waals surface area (Å²) in [5, 5.41) is 11.6. The maximum atomic E-state index is 12.3. The van der Waals surface area contributed by atoms with Crippen molar-refractivity contribution in [3.05, 3.63) is 0 Å². The van der Waals surface area contributed by atoms with Crippen LogP contribution in [0.1, 0.15) is 27.2 Å². The van der Waals surface area contributed by atoms with Crippen LogP contribution in [0, 0.1) is 11.8 Å². The highest BCUT2D eigenvalue weighted by Crippen LogP contribution is 2.21. The number of nitrogens with zero attached hydrogens (tertiary/aromatic N) is 2. The number of amides is 1. The molecule has 0 aromatic heterocycles. The third kappa shape index (κ3) is 3.60. The van der Waals surface area contributed by atoms with Crippen molar-refractivity contribution in [3.8, 4) is 0 Å². The fourth-order valence-corrected chi connectivity index (χ4v) is 2.15. The lowest BCUT2D eigenvalue weighted by Crippen LogP contribution is -2.42. The van der Waals surface area contributed by atoms with Crippen molar-refractivity contribution in [2.24, 2.45) is 22.7 Å². The quantitative estimate of drug-likeness (QED) is 0.327. The van der Waals surface area contributed by atoms with E-state index in [9.17, 15) is 4.79 Å². The van der Waals surface area contributed by atoms with Crippen LogP contribution in [-0.2, 0) is 9.53 Å². The van der Waals surface area contributed by atoms with Crippen LogP contribution in [0.2, 0.25) is 0 Å². The summed E-state index contributed by atoms with van der Waals surface area (Å²) >= 11 is 0. The Kier molecular flexibility index (Phi) is 5.40. The Balaban J connectivity index is 2.57. The Labute approximate surface area is 108 Å². The van der Waals surface area contributed by atoms with Crippen molar-refractivity contribution >= 4 is 11.7 Å². The molecule has 1 saturated heterocycles. The number of amidine groups is 1. The lowest BCUT2D eigenvalue weighted by Gasteiger charge is -2.26. The number of hydrogen-bond acceptors (Lipinski definition) is 4. The summed E-state index contributed by atoms with van der Waals surface area (Å²) < 4.78 is 5.42. The summed E-state index contributed by atoms with van der Waals surface area (Å²) in [5.74, 6) is 0.0369. The zero-order chi connectivity index (χ0) is 13.7. The van der Waals surface area contributed by atoms with E-state index in [0.29, 0.717) is 19.7 Å². The van der Waals surface area contributed by atoms with Crippen molar-refractivity contribution in [1.29, 1.82) is 0 Å². The number of hydrogen-bond donors (Lipinski definition) is 2. The van der Waals surface area contributed by atoms with Gasteiger partial charge >= 0.3 is 0 Å². The van der Waals surface area contributed by atoms with Gasteiger partial charge in [-0.1, -0.05) is 12.1 Å². The second kappa shape index (κ2) is 6.58. The summed E-state index contributed by atoms with van der Waals surface area (Å²) in [6, 6.07) is 0. The molecule has 0 aliphatic carbocycles. The van der Waals surface area contributed by atoms with Crippen LogP contribution in [0.5, 0.6) is 0 Å². The summed E-state index contributed by atoms with van der Waals surface area (Å²) in [5.41, 5.74) is 5.53. The molecule has 3 N–H and O–H groups in total. The number of carbonyl (C=O) groups is 1. The molecule has 1 fully saturated rings. The second-order valence-electron chi connectivity index (χ2n) is 4.88. The van der Waals surface area contributed by atoms with Gasteiger partial charge in [0.15, 0.2) is 0 Å². The standard InChI is InChI=1S/C12H23N3O3/c1-4-15(6-8(2)11(13)14-17)12(16)10-5-9(3)18-7-10/h8-10,17H,4-7H2,1-3H3,(H2,13,14). The summed E-state index contributed by atoms with van der Waals surface area (Å²) in [6.07, 6.45) is 0.923. The van der Waals surface area contributed by atoms with E-state index < -0.39 is 0 Å². The van der Waals surface area contributed by atoms with Gasteiger partial charge in [-0.3, -0.25) is 4.79 Å². The van der Waals surface area contributed by atoms with E-state index in [1.54, 1.807) is 4.90 Å². The molecule has 3 unspecified atom stereocenters. The summed E-state index contributed by atoms with van der Waals surface area (Å²) in [7, 11) is 0. The van der Waals surface area contributed by atoms with Crippen molar-refractivity contribution in [1.82, 2.24) is 4.90 Å². The van der Waals surface area contributed by atoms with Crippen molar-refractivity contribution in [2.75, 3.05) is 19.7 Å². The van der Waals surface area contributed by atoms with Gasteiger partial charge in [0.2, 0.25) is 5.91 Å². The molecular formula is C12H23N3O3. The molecule has 1 rings (SSSR count). The number of nitrogens with two attached hydrogens (primary N) is 1. The maximum absolute atomic E-state index is 12.3. The van der Waals surface area contributed by atoms with Gasteiger partial charge in [-0.15, -0.1) is 0 Å². The van der Waals surface area contributed by atoms with E-state index >= 15 is 0 Å². The van der Waals surface area contributed by atoms with Crippen molar-refractivity contribution in [3.63, 3.8) is 0 Å². The van der Waals surface area contributed by atoms with Crippen LogP contribution in [0.4, 0.5) is 0 Å². The molecule has 0 radical (unpaired) electrons. The molecule has 18 heavy (non-hydrogen) atoms. The molecule has 1 amide bonds. The third-order valence-electron chi connectivity index (χ3n) is 3.36. The van der Waals surface area contributed by atoms with Crippen LogP contribution in [0.15, 0.2) is 5.16 Å². The van der Waals surface area contributed by atoms with E-state index in [1.807, 2.05) is 20.8 Å².